The molecule has 3 N–H and O–H groups in total. The molecule has 0 saturated carbocycles. The molecule has 0 aromatic carbocycles. The van der Waals surface area contributed by atoms with Crippen LogP contribution >= 0.6 is 0 Å². The Kier molecular flexibility index (Phi) is 3.12. The molecule has 3 nitrogen and oxygen atoms in total. The smallest absolute Gasteiger partial charge is 0.0620 e. The Morgan fingerprint density at radius 1 is 1.60 bits per heavy atom. The van der Waals surface area contributed by atoms with E-state index in [1.54, 1.807) is 0 Å². The summed E-state index contributed by atoms with van der Waals surface area (Å²) in [4.78, 5) is 0. The normalized spacial score (nSPS) is 34.2. The molecule has 2 unspecified atom stereocenters. The van der Waals surface area contributed by atoms with Gasteiger partial charge in [0.1, 0.15) is 0 Å². The molecule has 3 heteroatoms. The van der Waals surface area contributed by atoms with Gasteiger partial charge >= 0.3 is 0 Å². The minimum Gasteiger partial charge on any atom is -0.305 e. The van der Waals surface area contributed by atoms with Crippen LogP contribution in [0.1, 0.15) is 13.3 Å². The van der Waals surface area contributed by atoms with E-state index >= 15 is 0 Å². The fourth-order valence-electron chi connectivity index (χ4n) is 1.44. The van der Waals surface area contributed by atoms with Gasteiger partial charge in [-0.3, -0.25) is 5.32 Å². The molecule has 1 saturated heterocycles. The van der Waals surface area contributed by atoms with Gasteiger partial charge in [0, 0.05) is 13.2 Å². The van der Waals surface area contributed by atoms with Crippen molar-refractivity contribution in [3.05, 3.63) is 0 Å². The zero-order chi connectivity index (χ0) is 7.40. The first-order valence-corrected chi connectivity index (χ1v) is 3.99. The molecular formula is C7H17N3. The van der Waals surface area contributed by atoms with E-state index in [0.717, 1.165) is 19.1 Å². The van der Waals surface area contributed by atoms with Crippen molar-refractivity contribution in [2.24, 2.45) is 5.92 Å². The van der Waals surface area contributed by atoms with Crippen molar-refractivity contribution in [3.63, 3.8) is 0 Å². The van der Waals surface area contributed by atoms with E-state index in [1.807, 2.05) is 7.05 Å². The second-order valence-electron chi connectivity index (χ2n) is 2.77. The number of nitrogens with one attached hydrogen (secondary N) is 3. The van der Waals surface area contributed by atoms with E-state index in [0.29, 0.717) is 6.17 Å². The Hall–Kier alpha value is -0.120. The fraction of sp³-hybridized carbons (Fsp3) is 1.00. The van der Waals surface area contributed by atoms with Gasteiger partial charge in [-0.25, -0.2) is 0 Å². The molecule has 1 heterocycles. The summed E-state index contributed by atoms with van der Waals surface area (Å²) in [6, 6.07) is 0. The molecule has 1 rings (SSSR count). The Morgan fingerprint density at radius 3 is 2.90 bits per heavy atom. The van der Waals surface area contributed by atoms with Crippen molar-refractivity contribution in [1.29, 1.82) is 0 Å². The zero-order valence-corrected chi connectivity index (χ0v) is 6.78. The molecule has 1 aliphatic heterocycles. The highest BCUT2D eigenvalue weighted by Crippen LogP contribution is 2.06. The van der Waals surface area contributed by atoms with Gasteiger partial charge < -0.3 is 10.6 Å². The molecule has 0 amide bonds. The Balaban J connectivity index is 2.34. The van der Waals surface area contributed by atoms with Crippen molar-refractivity contribution in [3.8, 4) is 0 Å². The van der Waals surface area contributed by atoms with Crippen LogP contribution in [0.2, 0.25) is 0 Å². The summed E-state index contributed by atoms with van der Waals surface area (Å²) < 4.78 is 0. The summed E-state index contributed by atoms with van der Waals surface area (Å²) >= 11 is 0. The lowest BCUT2D eigenvalue weighted by molar-refractivity contribution is 0.245. The van der Waals surface area contributed by atoms with Crippen LogP contribution in [0, 0.1) is 5.92 Å². The molecule has 1 fully saturated rings. The first-order valence-electron chi connectivity index (χ1n) is 3.99. The summed E-state index contributed by atoms with van der Waals surface area (Å²) in [5.41, 5.74) is 0. The van der Waals surface area contributed by atoms with Crippen LogP contribution in [0.3, 0.4) is 0 Å². The van der Waals surface area contributed by atoms with E-state index < -0.39 is 0 Å². The minimum atomic E-state index is 0.506. The van der Waals surface area contributed by atoms with Crippen molar-refractivity contribution in [1.82, 2.24) is 16.0 Å². The molecule has 0 spiro atoms. The van der Waals surface area contributed by atoms with Gasteiger partial charge in [0.05, 0.1) is 6.17 Å². The lowest BCUT2D eigenvalue weighted by Gasteiger charge is -2.32. The highest BCUT2D eigenvalue weighted by atomic mass is 15.2. The lowest BCUT2D eigenvalue weighted by atomic mass is 10.0. The molecule has 0 radical (unpaired) electrons. The molecule has 0 aromatic heterocycles. The third kappa shape index (κ3) is 1.68. The number of hydrogen-bond acceptors (Lipinski definition) is 3. The monoisotopic (exact) mass is 143 g/mol. The topological polar surface area (TPSA) is 36.1 Å². The highest BCUT2D eigenvalue weighted by molar-refractivity contribution is 4.77. The van der Waals surface area contributed by atoms with Crippen LogP contribution in [-0.2, 0) is 0 Å². The van der Waals surface area contributed by atoms with E-state index in [1.165, 1.54) is 6.42 Å². The largest absolute Gasteiger partial charge is 0.305 e. The fourth-order valence-corrected chi connectivity index (χ4v) is 1.44. The lowest BCUT2D eigenvalue weighted by Crippen LogP contribution is -2.56. The van der Waals surface area contributed by atoms with Crippen LogP contribution < -0.4 is 16.0 Å². The second kappa shape index (κ2) is 3.91. The van der Waals surface area contributed by atoms with Crippen molar-refractivity contribution >= 4 is 0 Å². The van der Waals surface area contributed by atoms with E-state index in [9.17, 15) is 0 Å². The molecule has 60 valence electrons. The maximum Gasteiger partial charge on any atom is 0.0620 e. The summed E-state index contributed by atoms with van der Waals surface area (Å²) in [7, 11) is 2.01. The molecule has 2 atom stereocenters. The Morgan fingerprint density at radius 2 is 2.40 bits per heavy atom. The molecule has 0 bridgehead atoms. The van der Waals surface area contributed by atoms with Crippen molar-refractivity contribution in [2.45, 2.75) is 19.5 Å². The van der Waals surface area contributed by atoms with Gasteiger partial charge in [-0.15, -0.1) is 0 Å². The van der Waals surface area contributed by atoms with Crippen molar-refractivity contribution < 1.29 is 0 Å². The van der Waals surface area contributed by atoms with Crippen LogP contribution in [0.4, 0.5) is 0 Å². The minimum absolute atomic E-state index is 0.506. The highest BCUT2D eigenvalue weighted by Gasteiger charge is 2.20. The number of hydrogen-bond donors (Lipinski definition) is 3. The van der Waals surface area contributed by atoms with Crippen LogP contribution in [0.25, 0.3) is 0 Å². The maximum atomic E-state index is 3.35. The molecular weight excluding hydrogens is 126 g/mol. The zero-order valence-electron chi connectivity index (χ0n) is 6.78. The maximum absolute atomic E-state index is 3.35. The standard InChI is InChI=1S/C7H17N3/c1-3-6-4-9-5-10-7(6)8-2/h6-10H,3-5H2,1-2H3. The molecule has 0 aliphatic carbocycles. The second-order valence-corrected chi connectivity index (χ2v) is 2.77. The SMILES string of the molecule is CCC1CNCNC1NC. The quantitative estimate of drug-likeness (QED) is 0.497. The van der Waals surface area contributed by atoms with Crippen molar-refractivity contribution in [2.75, 3.05) is 20.3 Å². The average Bonchev–Trinajstić information content (AvgIpc) is 2.04. The summed E-state index contributed by atoms with van der Waals surface area (Å²) in [6.45, 7) is 4.29. The van der Waals surface area contributed by atoms with Crippen LogP contribution in [0.5, 0.6) is 0 Å². The van der Waals surface area contributed by atoms with Gasteiger partial charge in [0.15, 0.2) is 0 Å². The first-order chi connectivity index (χ1) is 4.88. The first kappa shape index (κ1) is 7.98. The van der Waals surface area contributed by atoms with Gasteiger partial charge in [0.2, 0.25) is 0 Å². The van der Waals surface area contributed by atoms with E-state index in [-0.39, 0.29) is 0 Å². The predicted molar refractivity (Wildman–Crippen MR) is 42.6 cm³/mol. The average molecular weight is 143 g/mol. The third-order valence-corrected chi connectivity index (χ3v) is 2.16. The third-order valence-electron chi connectivity index (χ3n) is 2.16. The van der Waals surface area contributed by atoms with Gasteiger partial charge in [-0.05, 0) is 19.4 Å². The van der Waals surface area contributed by atoms with Crippen LogP contribution in [-0.4, -0.2) is 26.4 Å². The predicted octanol–water partition coefficient (Wildman–Crippen LogP) is -0.292. The molecule has 1 aliphatic rings. The Labute approximate surface area is 62.6 Å². The summed E-state index contributed by atoms with van der Waals surface area (Å²) in [5, 5.41) is 9.90. The van der Waals surface area contributed by atoms with E-state index in [2.05, 4.69) is 22.9 Å². The van der Waals surface area contributed by atoms with E-state index in [4.69, 9.17) is 0 Å². The van der Waals surface area contributed by atoms with Gasteiger partial charge in [-0.2, -0.15) is 0 Å². The van der Waals surface area contributed by atoms with Gasteiger partial charge in [-0.1, -0.05) is 6.92 Å². The molecule has 0 aromatic rings. The molecule has 10 heavy (non-hydrogen) atoms. The number of rotatable bonds is 2. The van der Waals surface area contributed by atoms with Crippen LogP contribution in [0.15, 0.2) is 0 Å². The summed E-state index contributed by atoms with van der Waals surface area (Å²) in [5.74, 6) is 0.735. The Bertz CT molecular complexity index is 82.9. The van der Waals surface area contributed by atoms with Gasteiger partial charge in [0.25, 0.3) is 0 Å². The summed E-state index contributed by atoms with van der Waals surface area (Å²) in [6.07, 6.45) is 1.73.